The number of ether oxygens (including phenoxy) is 1. The van der Waals surface area contributed by atoms with Crippen LogP contribution in [0.1, 0.15) is 43.0 Å². The van der Waals surface area contributed by atoms with E-state index >= 15 is 0 Å². The van der Waals surface area contributed by atoms with Gasteiger partial charge in [0.15, 0.2) is 0 Å². The maximum atomic E-state index is 12.6. The number of halogens is 1. The van der Waals surface area contributed by atoms with Gasteiger partial charge >= 0.3 is 0 Å². The van der Waals surface area contributed by atoms with E-state index < -0.39 is 0 Å². The third-order valence-corrected chi connectivity index (χ3v) is 5.25. The number of hydrogen-bond donors (Lipinski definition) is 2. The quantitative estimate of drug-likeness (QED) is 0.785. The highest BCUT2D eigenvalue weighted by Crippen LogP contribution is 2.33. The lowest BCUT2D eigenvalue weighted by atomic mass is 9.89. The van der Waals surface area contributed by atoms with Crippen molar-refractivity contribution in [3.8, 4) is 0 Å². The summed E-state index contributed by atoms with van der Waals surface area (Å²) in [6.07, 6.45) is 2.13. The molecule has 5 heteroatoms. The van der Waals surface area contributed by atoms with Crippen LogP contribution in [0.15, 0.2) is 60.7 Å². The Morgan fingerprint density at radius 3 is 2.44 bits per heavy atom. The Morgan fingerprint density at radius 1 is 1.15 bits per heavy atom. The molecule has 1 saturated heterocycles. The molecule has 0 aromatic heterocycles. The van der Waals surface area contributed by atoms with E-state index in [-0.39, 0.29) is 42.3 Å². The largest absolute Gasteiger partial charge is 0.373 e. The fraction of sp³-hybridized carbons (Fsp3) is 0.409. The molecule has 0 radical (unpaired) electrons. The first-order chi connectivity index (χ1) is 12.7. The Kier molecular flexibility index (Phi) is 8.29. The van der Waals surface area contributed by atoms with Gasteiger partial charge in [0.25, 0.3) is 0 Å². The van der Waals surface area contributed by atoms with E-state index in [1.807, 2.05) is 55.5 Å². The molecule has 0 bridgehead atoms. The molecular weight excluding hydrogens is 360 g/mol. The first-order valence-corrected chi connectivity index (χ1v) is 9.41. The zero-order valence-electron chi connectivity index (χ0n) is 15.7. The third kappa shape index (κ3) is 5.55. The van der Waals surface area contributed by atoms with Crippen molar-refractivity contribution in [1.82, 2.24) is 5.32 Å². The number of hydrogen-bond acceptors (Lipinski definition) is 3. The van der Waals surface area contributed by atoms with E-state index in [1.54, 1.807) is 0 Å². The third-order valence-electron chi connectivity index (χ3n) is 5.25. The zero-order chi connectivity index (χ0) is 18.4. The van der Waals surface area contributed by atoms with Gasteiger partial charge in [-0.15, -0.1) is 12.4 Å². The van der Waals surface area contributed by atoms with Crippen molar-refractivity contribution in [2.24, 2.45) is 17.6 Å². The Morgan fingerprint density at radius 2 is 1.78 bits per heavy atom. The van der Waals surface area contributed by atoms with E-state index in [1.165, 1.54) is 5.56 Å². The molecule has 3 rings (SSSR count). The summed E-state index contributed by atoms with van der Waals surface area (Å²) in [5.41, 5.74) is 8.45. The molecule has 1 fully saturated rings. The van der Waals surface area contributed by atoms with Crippen LogP contribution in [0.3, 0.4) is 0 Å². The standard InChI is InChI=1S/C22H28N2O2.ClH/c1-16(20(23)17-9-4-2-5-10-17)22(25)24-15-19-13-8-14-26-21(19)18-11-6-3-7-12-18;/h2-7,9-12,16,19-21H,8,13-15,23H2,1H3,(H,24,25);1H. The molecule has 0 spiro atoms. The Hall–Kier alpha value is -1.88. The molecule has 4 nitrogen and oxygen atoms in total. The van der Waals surface area contributed by atoms with E-state index in [9.17, 15) is 4.79 Å². The second kappa shape index (κ2) is 10.5. The van der Waals surface area contributed by atoms with Crippen LogP contribution in [0.4, 0.5) is 0 Å². The van der Waals surface area contributed by atoms with Gasteiger partial charge in [-0.2, -0.15) is 0 Å². The highest BCUT2D eigenvalue weighted by atomic mass is 35.5. The van der Waals surface area contributed by atoms with Gasteiger partial charge in [-0.1, -0.05) is 67.6 Å². The van der Waals surface area contributed by atoms with E-state index in [2.05, 4.69) is 17.4 Å². The molecule has 0 saturated carbocycles. The van der Waals surface area contributed by atoms with Crippen LogP contribution in [0, 0.1) is 11.8 Å². The minimum atomic E-state index is -0.302. The van der Waals surface area contributed by atoms with E-state index in [0.29, 0.717) is 6.54 Å². The van der Waals surface area contributed by atoms with Crippen molar-refractivity contribution < 1.29 is 9.53 Å². The van der Waals surface area contributed by atoms with Gasteiger partial charge in [-0.05, 0) is 24.0 Å². The Bertz CT molecular complexity index is 696. The highest BCUT2D eigenvalue weighted by Gasteiger charge is 2.29. The fourth-order valence-electron chi connectivity index (χ4n) is 3.58. The summed E-state index contributed by atoms with van der Waals surface area (Å²) in [6, 6.07) is 19.7. The van der Waals surface area contributed by atoms with Crippen LogP contribution >= 0.6 is 12.4 Å². The van der Waals surface area contributed by atoms with Gasteiger partial charge in [0.1, 0.15) is 0 Å². The lowest BCUT2D eigenvalue weighted by molar-refractivity contribution is -0.126. The highest BCUT2D eigenvalue weighted by molar-refractivity contribution is 5.85. The summed E-state index contributed by atoms with van der Waals surface area (Å²) < 4.78 is 6.01. The second-order valence-corrected chi connectivity index (χ2v) is 7.07. The fourth-order valence-corrected chi connectivity index (χ4v) is 3.58. The molecule has 4 unspecified atom stereocenters. The summed E-state index contributed by atoms with van der Waals surface area (Å²) in [5.74, 6) is 0.00562. The normalized spacial score (nSPS) is 21.6. The van der Waals surface area contributed by atoms with Crippen molar-refractivity contribution in [2.45, 2.75) is 31.9 Å². The predicted molar refractivity (Wildman–Crippen MR) is 111 cm³/mol. The number of nitrogens with one attached hydrogen (secondary N) is 1. The number of carbonyl (C=O) groups excluding carboxylic acids is 1. The average Bonchev–Trinajstić information content (AvgIpc) is 2.72. The van der Waals surface area contributed by atoms with Gasteiger partial charge in [-0.25, -0.2) is 0 Å². The van der Waals surface area contributed by atoms with Crippen molar-refractivity contribution in [1.29, 1.82) is 0 Å². The van der Waals surface area contributed by atoms with Crippen LogP contribution < -0.4 is 11.1 Å². The summed E-state index contributed by atoms with van der Waals surface area (Å²) in [6.45, 7) is 3.28. The predicted octanol–water partition coefficient (Wildman–Crippen LogP) is 4.03. The number of nitrogens with two attached hydrogens (primary N) is 1. The number of amides is 1. The molecule has 2 aromatic rings. The van der Waals surface area contributed by atoms with Gasteiger partial charge in [-0.3, -0.25) is 4.79 Å². The summed E-state index contributed by atoms with van der Waals surface area (Å²) in [7, 11) is 0. The lowest BCUT2D eigenvalue weighted by Gasteiger charge is -2.32. The molecule has 1 aliphatic heterocycles. The number of rotatable bonds is 6. The topological polar surface area (TPSA) is 64.3 Å². The molecule has 146 valence electrons. The minimum absolute atomic E-state index is 0. The molecule has 2 aromatic carbocycles. The summed E-state index contributed by atoms with van der Waals surface area (Å²) in [4.78, 5) is 12.6. The molecule has 1 amide bonds. The molecule has 0 aliphatic carbocycles. The minimum Gasteiger partial charge on any atom is -0.373 e. The zero-order valence-corrected chi connectivity index (χ0v) is 16.5. The smallest absolute Gasteiger partial charge is 0.224 e. The van der Waals surface area contributed by atoms with Crippen LogP contribution in [0.2, 0.25) is 0 Å². The van der Waals surface area contributed by atoms with Crippen molar-refractivity contribution >= 4 is 18.3 Å². The molecule has 27 heavy (non-hydrogen) atoms. The SMILES string of the molecule is CC(C(=O)NCC1CCCOC1c1ccccc1)C(N)c1ccccc1.Cl. The van der Waals surface area contributed by atoms with Gasteiger partial charge in [0.2, 0.25) is 5.91 Å². The first kappa shape index (κ1) is 21.4. The summed E-state index contributed by atoms with van der Waals surface area (Å²) in [5, 5.41) is 3.10. The maximum Gasteiger partial charge on any atom is 0.224 e. The van der Waals surface area contributed by atoms with Crippen molar-refractivity contribution in [2.75, 3.05) is 13.2 Å². The van der Waals surface area contributed by atoms with Crippen LogP contribution in [-0.2, 0) is 9.53 Å². The van der Waals surface area contributed by atoms with Crippen molar-refractivity contribution in [3.05, 3.63) is 71.8 Å². The first-order valence-electron chi connectivity index (χ1n) is 9.41. The molecular formula is C22H29ClN2O2. The Labute approximate surface area is 167 Å². The summed E-state index contributed by atoms with van der Waals surface area (Å²) >= 11 is 0. The van der Waals surface area contributed by atoms with E-state index in [0.717, 1.165) is 25.0 Å². The second-order valence-electron chi connectivity index (χ2n) is 7.07. The Balaban J connectivity index is 0.00000261. The monoisotopic (exact) mass is 388 g/mol. The van der Waals surface area contributed by atoms with Crippen LogP contribution in [0.25, 0.3) is 0 Å². The lowest BCUT2D eigenvalue weighted by Crippen LogP contribution is -2.40. The van der Waals surface area contributed by atoms with Crippen LogP contribution in [-0.4, -0.2) is 19.1 Å². The maximum absolute atomic E-state index is 12.6. The molecule has 3 N–H and O–H groups in total. The molecule has 4 atom stereocenters. The van der Waals surface area contributed by atoms with Crippen LogP contribution in [0.5, 0.6) is 0 Å². The van der Waals surface area contributed by atoms with Crippen molar-refractivity contribution in [3.63, 3.8) is 0 Å². The van der Waals surface area contributed by atoms with Gasteiger partial charge in [0, 0.05) is 25.1 Å². The number of carbonyl (C=O) groups is 1. The van der Waals surface area contributed by atoms with E-state index in [4.69, 9.17) is 10.5 Å². The van der Waals surface area contributed by atoms with Gasteiger partial charge < -0.3 is 15.8 Å². The molecule has 1 aliphatic rings. The average molecular weight is 389 g/mol. The van der Waals surface area contributed by atoms with Gasteiger partial charge in [0.05, 0.1) is 12.0 Å². The molecule has 1 heterocycles. The number of benzene rings is 2.